The zero-order valence-electron chi connectivity index (χ0n) is 14.4. The van der Waals surface area contributed by atoms with Crippen molar-refractivity contribution in [1.29, 1.82) is 0 Å². The van der Waals surface area contributed by atoms with Gasteiger partial charge in [-0.1, -0.05) is 29.8 Å². The predicted octanol–water partition coefficient (Wildman–Crippen LogP) is 3.28. The molecule has 0 unspecified atom stereocenters. The third kappa shape index (κ3) is 6.47. The lowest BCUT2D eigenvalue weighted by Crippen LogP contribution is -2.23. The molecule has 130 valence electrons. The minimum Gasteiger partial charge on any atom is -0.355 e. The van der Waals surface area contributed by atoms with Gasteiger partial charge in [0, 0.05) is 35.9 Å². The molecule has 0 aliphatic heterocycles. The second-order valence-electron chi connectivity index (χ2n) is 5.49. The van der Waals surface area contributed by atoms with Crippen molar-refractivity contribution in [3.63, 3.8) is 0 Å². The molecule has 0 aliphatic rings. The molecular formula is C20H22N2O2S. The quantitative estimate of drug-likeness (QED) is 0.456. The molecule has 0 spiro atoms. The van der Waals surface area contributed by atoms with Gasteiger partial charge in [-0.15, -0.1) is 11.8 Å². The smallest absolute Gasteiger partial charge is 0.251 e. The molecule has 0 fully saturated rings. The van der Waals surface area contributed by atoms with Crippen LogP contribution in [0.5, 0.6) is 0 Å². The molecule has 0 saturated heterocycles. The van der Waals surface area contributed by atoms with Crippen LogP contribution in [0.25, 0.3) is 6.08 Å². The molecule has 0 saturated carbocycles. The Morgan fingerprint density at radius 3 is 2.36 bits per heavy atom. The summed E-state index contributed by atoms with van der Waals surface area (Å²) in [4.78, 5) is 24.5. The van der Waals surface area contributed by atoms with Gasteiger partial charge in [0.05, 0.1) is 0 Å². The number of carbonyl (C=O) groups excluding carboxylic acids is 2. The fourth-order valence-corrected chi connectivity index (χ4v) is 2.87. The molecule has 0 heterocycles. The highest BCUT2D eigenvalue weighted by Crippen LogP contribution is 2.17. The zero-order chi connectivity index (χ0) is 18.1. The van der Waals surface area contributed by atoms with Gasteiger partial charge in [-0.2, -0.15) is 0 Å². The van der Waals surface area contributed by atoms with E-state index in [4.69, 9.17) is 0 Å². The van der Waals surface area contributed by atoms with Crippen LogP contribution in [0.4, 0.5) is 0 Å². The summed E-state index contributed by atoms with van der Waals surface area (Å²) < 4.78 is 0. The van der Waals surface area contributed by atoms with E-state index >= 15 is 0 Å². The summed E-state index contributed by atoms with van der Waals surface area (Å²) in [5, 5.41) is 5.43. The fraction of sp³-hybridized carbons (Fsp3) is 0.200. The van der Waals surface area contributed by atoms with E-state index < -0.39 is 0 Å². The summed E-state index contributed by atoms with van der Waals surface area (Å²) in [5.41, 5.74) is 2.71. The van der Waals surface area contributed by atoms with Crippen LogP contribution in [-0.2, 0) is 4.79 Å². The summed E-state index contributed by atoms with van der Waals surface area (Å²) in [6.45, 7) is 2.67. The SMILES string of the molecule is CNC(=O)c1ccc(/C=C/C(=O)NCCSc2ccc(C)cc2)cc1. The van der Waals surface area contributed by atoms with Gasteiger partial charge in [0.15, 0.2) is 0 Å². The second kappa shape index (κ2) is 9.69. The molecule has 0 atom stereocenters. The molecule has 2 rings (SSSR count). The van der Waals surface area contributed by atoms with Crippen molar-refractivity contribution in [1.82, 2.24) is 10.6 Å². The van der Waals surface area contributed by atoms with E-state index in [0.717, 1.165) is 11.3 Å². The van der Waals surface area contributed by atoms with Crippen LogP contribution < -0.4 is 10.6 Å². The van der Waals surface area contributed by atoms with Crippen molar-refractivity contribution in [3.8, 4) is 0 Å². The normalized spacial score (nSPS) is 10.6. The molecule has 2 aromatic rings. The van der Waals surface area contributed by atoms with Crippen molar-refractivity contribution < 1.29 is 9.59 Å². The van der Waals surface area contributed by atoms with Crippen molar-refractivity contribution in [2.24, 2.45) is 0 Å². The minimum atomic E-state index is -0.126. The zero-order valence-corrected chi connectivity index (χ0v) is 15.2. The summed E-state index contributed by atoms with van der Waals surface area (Å²) in [6, 6.07) is 15.4. The maximum absolute atomic E-state index is 11.8. The predicted molar refractivity (Wildman–Crippen MR) is 104 cm³/mol. The number of hydrogen-bond donors (Lipinski definition) is 2. The molecule has 2 amide bonds. The number of rotatable bonds is 7. The van der Waals surface area contributed by atoms with E-state index in [1.54, 1.807) is 37.0 Å². The molecular weight excluding hydrogens is 332 g/mol. The Morgan fingerprint density at radius 1 is 1.04 bits per heavy atom. The first-order valence-electron chi connectivity index (χ1n) is 8.06. The molecule has 0 bridgehead atoms. The summed E-state index contributed by atoms with van der Waals surface area (Å²) >= 11 is 1.72. The lowest BCUT2D eigenvalue weighted by molar-refractivity contribution is -0.116. The number of hydrogen-bond acceptors (Lipinski definition) is 3. The Bertz CT molecular complexity index is 737. The number of thioether (sulfide) groups is 1. The number of amides is 2. The third-order valence-corrected chi connectivity index (χ3v) is 4.53. The summed E-state index contributed by atoms with van der Waals surface area (Å²) in [7, 11) is 1.59. The molecule has 5 heteroatoms. The van der Waals surface area contributed by atoms with E-state index in [0.29, 0.717) is 12.1 Å². The maximum atomic E-state index is 11.8. The average molecular weight is 354 g/mol. The molecule has 4 nitrogen and oxygen atoms in total. The minimum absolute atomic E-state index is 0.125. The van der Waals surface area contributed by atoms with Crippen LogP contribution in [0.2, 0.25) is 0 Å². The van der Waals surface area contributed by atoms with Crippen molar-refractivity contribution in [3.05, 3.63) is 71.3 Å². The molecule has 0 aliphatic carbocycles. The fourth-order valence-electron chi connectivity index (χ4n) is 2.10. The Hall–Kier alpha value is -2.53. The highest BCUT2D eigenvalue weighted by molar-refractivity contribution is 7.99. The Kier molecular flexibility index (Phi) is 7.29. The standard InChI is InChI=1S/C20H22N2O2S/c1-15-3-10-18(11-4-15)25-14-13-22-19(23)12-7-16-5-8-17(9-6-16)20(24)21-2/h3-12H,13-14H2,1-2H3,(H,21,24)(H,22,23)/b12-7+. The molecule has 2 N–H and O–H groups in total. The van der Waals surface area contributed by atoms with E-state index in [1.807, 2.05) is 12.1 Å². The van der Waals surface area contributed by atoms with Crippen LogP contribution >= 0.6 is 11.8 Å². The van der Waals surface area contributed by atoms with Crippen LogP contribution in [0.3, 0.4) is 0 Å². The number of carbonyl (C=O) groups is 2. The van der Waals surface area contributed by atoms with Gasteiger partial charge in [0.2, 0.25) is 5.91 Å². The van der Waals surface area contributed by atoms with Gasteiger partial charge in [-0.3, -0.25) is 9.59 Å². The lowest BCUT2D eigenvalue weighted by Gasteiger charge is -2.03. The largest absolute Gasteiger partial charge is 0.355 e. The topological polar surface area (TPSA) is 58.2 Å². The molecule has 2 aromatic carbocycles. The van der Waals surface area contributed by atoms with Gasteiger partial charge >= 0.3 is 0 Å². The monoisotopic (exact) mass is 354 g/mol. The van der Waals surface area contributed by atoms with Gasteiger partial charge in [0.1, 0.15) is 0 Å². The van der Waals surface area contributed by atoms with Crippen LogP contribution in [0.1, 0.15) is 21.5 Å². The number of benzene rings is 2. The van der Waals surface area contributed by atoms with Crippen LogP contribution in [0, 0.1) is 6.92 Å². The van der Waals surface area contributed by atoms with E-state index in [1.165, 1.54) is 16.5 Å². The lowest BCUT2D eigenvalue weighted by atomic mass is 10.1. The number of nitrogens with one attached hydrogen (secondary N) is 2. The van der Waals surface area contributed by atoms with Crippen molar-refractivity contribution >= 4 is 29.7 Å². The first-order chi connectivity index (χ1) is 12.1. The molecule has 0 aromatic heterocycles. The van der Waals surface area contributed by atoms with Crippen LogP contribution in [-0.4, -0.2) is 31.2 Å². The van der Waals surface area contributed by atoms with Crippen molar-refractivity contribution in [2.75, 3.05) is 19.3 Å². The molecule has 0 radical (unpaired) electrons. The first kappa shape index (κ1) is 18.8. The Labute approximate surface area is 152 Å². The van der Waals surface area contributed by atoms with E-state index in [2.05, 4.69) is 41.8 Å². The third-order valence-electron chi connectivity index (χ3n) is 3.52. The second-order valence-corrected chi connectivity index (χ2v) is 6.66. The van der Waals surface area contributed by atoms with Gasteiger partial charge in [-0.25, -0.2) is 0 Å². The van der Waals surface area contributed by atoms with E-state index in [9.17, 15) is 9.59 Å². The molecule has 25 heavy (non-hydrogen) atoms. The summed E-state index contributed by atoms with van der Waals surface area (Å²) in [6.07, 6.45) is 3.24. The van der Waals surface area contributed by atoms with Gasteiger partial charge in [-0.05, 0) is 42.8 Å². The van der Waals surface area contributed by atoms with Gasteiger partial charge < -0.3 is 10.6 Å². The van der Waals surface area contributed by atoms with E-state index in [-0.39, 0.29) is 11.8 Å². The van der Waals surface area contributed by atoms with Crippen LogP contribution in [0.15, 0.2) is 59.5 Å². The number of aryl methyl sites for hydroxylation is 1. The summed E-state index contributed by atoms with van der Waals surface area (Å²) in [5.74, 6) is 0.572. The highest BCUT2D eigenvalue weighted by atomic mass is 32.2. The van der Waals surface area contributed by atoms with Gasteiger partial charge in [0.25, 0.3) is 5.91 Å². The average Bonchev–Trinajstić information content (AvgIpc) is 2.64. The Morgan fingerprint density at radius 2 is 1.72 bits per heavy atom. The Balaban J connectivity index is 1.73. The highest BCUT2D eigenvalue weighted by Gasteiger charge is 2.01. The van der Waals surface area contributed by atoms with Crippen molar-refractivity contribution in [2.45, 2.75) is 11.8 Å². The first-order valence-corrected chi connectivity index (χ1v) is 9.04. The maximum Gasteiger partial charge on any atom is 0.251 e.